The fraction of sp³-hybridized carbons (Fsp3) is 0.333. The van der Waals surface area contributed by atoms with Crippen molar-refractivity contribution < 1.29 is 0 Å². The van der Waals surface area contributed by atoms with E-state index in [4.69, 9.17) is 12.2 Å². The lowest BCUT2D eigenvalue weighted by molar-refractivity contribution is 0.518. The Morgan fingerprint density at radius 1 is 1.43 bits per heavy atom. The molecule has 74 valence electrons. The van der Waals surface area contributed by atoms with Gasteiger partial charge in [0.05, 0.1) is 6.04 Å². The van der Waals surface area contributed by atoms with Crippen LogP contribution in [0.2, 0.25) is 0 Å². The maximum absolute atomic E-state index is 5.68. The van der Waals surface area contributed by atoms with E-state index in [1.165, 1.54) is 5.56 Å². The molecular weight excluding hydrogens is 172 g/mol. The van der Waals surface area contributed by atoms with Gasteiger partial charge in [-0.25, -0.2) is 0 Å². The second-order valence-corrected chi connectivity index (χ2v) is 3.25. The lowest BCUT2D eigenvalue weighted by Gasteiger charge is -2.19. The smallest absolute Gasteiger partial charge is 0.0663 e. The number of nitrogens with two attached hydrogens (primary N) is 1. The first-order chi connectivity index (χ1) is 6.77. The Hall–Kier alpha value is -1.30. The highest BCUT2D eigenvalue weighted by molar-refractivity contribution is 5.20. The minimum atomic E-state index is 0.0451. The van der Waals surface area contributed by atoms with Crippen LogP contribution in [0.25, 0.3) is 0 Å². The molecule has 1 aromatic carbocycles. The molecule has 0 spiro atoms. The van der Waals surface area contributed by atoms with Gasteiger partial charge in [0.1, 0.15) is 0 Å². The normalized spacial score (nSPS) is 14.4. The fourth-order valence-corrected chi connectivity index (χ4v) is 1.34. The van der Waals surface area contributed by atoms with E-state index in [1.807, 2.05) is 37.3 Å². The number of terminal acetylenes is 1. The molecular formula is C12H16N2. The van der Waals surface area contributed by atoms with Gasteiger partial charge in [0.15, 0.2) is 0 Å². The summed E-state index contributed by atoms with van der Waals surface area (Å²) in [4.78, 5) is 0. The third kappa shape index (κ3) is 2.88. The van der Waals surface area contributed by atoms with Gasteiger partial charge in [-0.2, -0.15) is 0 Å². The summed E-state index contributed by atoms with van der Waals surface area (Å²) < 4.78 is 0. The first-order valence-electron chi connectivity index (χ1n) is 4.75. The molecule has 0 radical (unpaired) electrons. The van der Waals surface area contributed by atoms with Crippen LogP contribution in [0.15, 0.2) is 30.3 Å². The van der Waals surface area contributed by atoms with Crippen molar-refractivity contribution in [1.29, 1.82) is 0 Å². The van der Waals surface area contributed by atoms with E-state index in [2.05, 4.69) is 11.2 Å². The molecule has 0 aromatic heterocycles. The van der Waals surface area contributed by atoms with Gasteiger partial charge in [-0.15, -0.1) is 6.42 Å². The van der Waals surface area contributed by atoms with Crippen LogP contribution in [0.1, 0.15) is 18.5 Å². The average Bonchev–Trinajstić information content (AvgIpc) is 2.26. The van der Waals surface area contributed by atoms with Gasteiger partial charge in [-0.05, 0) is 12.5 Å². The monoisotopic (exact) mass is 188 g/mol. The SMILES string of the molecule is C#CC(C)NC(CN)c1ccccc1. The Morgan fingerprint density at radius 3 is 2.57 bits per heavy atom. The topological polar surface area (TPSA) is 38.0 Å². The van der Waals surface area contributed by atoms with Gasteiger partial charge in [0.2, 0.25) is 0 Å². The molecule has 1 aromatic rings. The summed E-state index contributed by atoms with van der Waals surface area (Å²) in [5.41, 5.74) is 6.85. The molecule has 3 N–H and O–H groups in total. The highest BCUT2D eigenvalue weighted by atomic mass is 15.0. The number of nitrogens with one attached hydrogen (secondary N) is 1. The van der Waals surface area contributed by atoms with Crippen molar-refractivity contribution in [1.82, 2.24) is 5.32 Å². The number of rotatable bonds is 4. The van der Waals surface area contributed by atoms with Crippen LogP contribution < -0.4 is 11.1 Å². The molecule has 0 aliphatic heterocycles. The van der Waals surface area contributed by atoms with E-state index in [-0.39, 0.29) is 12.1 Å². The Kier molecular flexibility index (Phi) is 4.18. The van der Waals surface area contributed by atoms with Crippen molar-refractivity contribution in [3.05, 3.63) is 35.9 Å². The van der Waals surface area contributed by atoms with E-state index in [9.17, 15) is 0 Å². The van der Waals surface area contributed by atoms with Crippen LogP contribution in [0, 0.1) is 12.3 Å². The Morgan fingerprint density at radius 2 is 2.07 bits per heavy atom. The standard InChI is InChI=1S/C12H16N2/c1-3-10(2)14-12(9-13)11-7-5-4-6-8-11/h1,4-8,10,12,14H,9,13H2,2H3. The molecule has 1 rings (SSSR count). The lowest BCUT2D eigenvalue weighted by Crippen LogP contribution is -2.34. The van der Waals surface area contributed by atoms with Crippen molar-refractivity contribution in [2.24, 2.45) is 5.73 Å². The molecule has 2 heteroatoms. The zero-order valence-electron chi connectivity index (χ0n) is 8.40. The lowest BCUT2D eigenvalue weighted by atomic mass is 10.1. The van der Waals surface area contributed by atoms with E-state index in [0.29, 0.717) is 6.54 Å². The van der Waals surface area contributed by atoms with Crippen molar-refractivity contribution >= 4 is 0 Å². The molecule has 0 aliphatic rings. The minimum Gasteiger partial charge on any atom is -0.329 e. The van der Waals surface area contributed by atoms with Crippen LogP contribution in [0.5, 0.6) is 0 Å². The molecule has 2 nitrogen and oxygen atoms in total. The molecule has 2 unspecified atom stereocenters. The van der Waals surface area contributed by atoms with Gasteiger partial charge in [0.25, 0.3) is 0 Å². The maximum atomic E-state index is 5.68. The summed E-state index contributed by atoms with van der Waals surface area (Å²) in [6, 6.07) is 10.3. The highest BCUT2D eigenvalue weighted by Gasteiger charge is 2.10. The van der Waals surface area contributed by atoms with Crippen molar-refractivity contribution in [3.63, 3.8) is 0 Å². The van der Waals surface area contributed by atoms with Crippen LogP contribution in [0.4, 0.5) is 0 Å². The first kappa shape index (κ1) is 10.8. The molecule has 0 amide bonds. The van der Waals surface area contributed by atoms with Gasteiger partial charge < -0.3 is 5.73 Å². The van der Waals surface area contributed by atoms with E-state index >= 15 is 0 Å². The molecule has 0 bridgehead atoms. The highest BCUT2D eigenvalue weighted by Crippen LogP contribution is 2.11. The van der Waals surface area contributed by atoms with Crippen LogP contribution >= 0.6 is 0 Å². The third-order valence-corrected chi connectivity index (χ3v) is 2.14. The first-order valence-corrected chi connectivity index (χ1v) is 4.75. The van der Waals surface area contributed by atoms with Crippen LogP contribution in [-0.4, -0.2) is 12.6 Å². The molecule has 2 atom stereocenters. The fourth-order valence-electron chi connectivity index (χ4n) is 1.34. The number of hydrogen-bond acceptors (Lipinski definition) is 2. The van der Waals surface area contributed by atoms with Gasteiger partial charge in [0, 0.05) is 12.6 Å². The van der Waals surface area contributed by atoms with Crippen molar-refractivity contribution in [3.8, 4) is 12.3 Å². The molecule has 0 saturated carbocycles. The summed E-state index contributed by atoms with van der Waals surface area (Å²) in [7, 11) is 0. The maximum Gasteiger partial charge on any atom is 0.0663 e. The summed E-state index contributed by atoms with van der Waals surface area (Å²) >= 11 is 0. The molecule has 0 heterocycles. The number of hydrogen-bond donors (Lipinski definition) is 2. The van der Waals surface area contributed by atoms with Crippen LogP contribution in [-0.2, 0) is 0 Å². The van der Waals surface area contributed by atoms with Crippen molar-refractivity contribution in [2.45, 2.75) is 19.0 Å². The molecule has 0 aliphatic carbocycles. The third-order valence-electron chi connectivity index (χ3n) is 2.14. The predicted molar refractivity (Wildman–Crippen MR) is 59.7 cm³/mol. The predicted octanol–water partition coefficient (Wildman–Crippen LogP) is 1.30. The van der Waals surface area contributed by atoms with Gasteiger partial charge >= 0.3 is 0 Å². The molecule has 14 heavy (non-hydrogen) atoms. The quantitative estimate of drug-likeness (QED) is 0.699. The molecule has 0 saturated heterocycles. The van der Waals surface area contributed by atoms with E-state index < -0.39 is 0 Å². The summed E-state index contributed by atoms with van der Waals surface area (Å²) in [5, 5.41) is 3.27. The minimum absolute atomic E-state index is 0.0451. The zero-order valence-corrected chi connectivity index (χ0v) is 8.40. The molecule has 0 fully saturated rings. The largest absolute Gasteiger partial charge is 0.329 e. The Balaban J connectivity index is 2.69. The van der Waals surface area contributed by atoms with E-state index in [0.717, 1.165) is 0 Å². The van der Waals surface area contributed by atoms with Crippen molar-refractivity contribution in [2.75, 3.05) is 6.54 Å². The second-order valence-electron chi connectivity index (χ2n) is 3.25. The Labute approximate surface area is 85.5 Å². The average molecular weight is 188 g/mol. The summed E-state index contributed by atoms with van der Waals surface area (Å²) in [6.07, 6.45) is 5.30. The van der Waals surface area contributed by atoms with Crippen LogP contribution in [0.3, 0.4) is 0 Å². The van der Waals surface area contributed by atoms with E-state index in [1.54, 1.807) is 0 Å². The summed E-state index contributed by atoms with van der Waals surface area (Å²) in [5.74, 6) is 2.63. The Bertz CT molecular complexity index is 300. The van der Waals surface area contributed by atoms with Gasteiger partial charge in [-0.3, -0.25) is 5.32 Å². The number of benzene rings is 1. The van der Waals surface area contributed by atoms with Gasteiger partial charge in [-0.1, -0.05) is 36.3 Å². The summed E-state index contributed by atoms with van der Waals surface area (Å²) in [6.45, 7) is 2.50. The zero-order chi connectivity index (χ0) is 10.4. The second kappa shape index (κ2) is 5.43.